The molecule has 5 heteroatoms. The van der Waals surface area contributed by atoms with Crippen LogP contribution >= 0.6 is 0 Å². The van der Waals surface area contributed by atoms with E-state index in [1.165, 1.54) is 7.11 Å². The summed E-state index contributed by atoms with van der Waals surface area (Å²) in [6, 6.07) is 5.33. The van der Waals surface area contributed by atoms with Gasteiger partial charge in [-0.1, -0.05) is 13.0 Å². The highest BCUT2D eigenvalue weighted by molar-refractivity contribution is 5.79. The molecule has 1 aromatic rings. The topological polar surface area (TPSA) is 87.6 Å². The summed E-state index contributed by atoms with van der Waals surface area (Å²) in [7, 11) is 1.54. The van der Waals surface area contributed by atoms with Crippen molar-refractivity contribution in [3.8, 4) is 11.5 Å². The minimum absolute atomic E-state index is 0.420. The lowest BCUT2D eigenvalue weighted by Gasteiger charge is -2.16. The quantitative estimate of drug-likeness (QED) is 0.767. The van der Waals surface area contributed by atoms with Crippen molar-refractivity contribution in [2.24, 2.45) is 11.5 Å². The number of carbonyl (C=O) groups excluding carboxylic acids is 1. The number of methoxy groups -OCH3 is 1. The Hall–Kier alpha value is -1.75. The van der Waals surface area contributed by atoms with Crippen LogP contribution in [0.1, 0.15) is 18.9 Å². The predicted molar refractivity (Wildman–Crippen MR) is 64.8 cm³/mol. The third-order valence-electron chi connectivity index (χ3n) is 2.42. The van der Waals surface area contributed by atoms with Gasteiger partial charge in [-0.2, -0.15) is 0 Å². The first kappa shape index (κ1) is 13.3. The van der Waals surface area contributed by atoms with Gasteiger partial charge in [-0.3, -0.25) is 4.79 Å². The molecule has 1 atom stereocenters. The first-order valence-corrected chi connectivity index (χ1v) is 5.45. The summed E-state index contributed by atoms with van der Waals surface area (Å²) >= 11 is 0. The van der Waals surface area contributed by atoms with Crippen molar-refractivity contribution in [2.45, 2.75) is 26.0 Å². The molecule has 0 saturated carbocycles. The number of ether oxygens (including phenoxy) is 2. The molecule has 0 fully saturated rings. The van der Waals surface area contributed by atoms with E-state index in [0.717, 1.165) is 5.56 Å². The maximum absolute atomic E-state index is 11.1. The normalized spacial score (nSPS) is 11.9. The van der Waals surface area contributed by atoms with E-state index < -0.39 is 12.0 Å². The summed E-state index contributed by atoms with van der Waals surface area (Å²) in [5, 5.41) is 0. The Kier molecular flexibility index (Phi) is 4.78. The molecule has 0 aliphatic rings. The Morgan fingerprint density at radius 3 is 2.59 bits per heavy atom. The lowest BCUT2D eigenvalue weighted by Crippen LogP contribution is -2.33. The molecule has 0 saturated heterocycles. The molecule has 0 bridgehead atoms. The van der Waals surface area contributed by atoms with Gasteiger partial charge in [0, 0.05) is 6.54 Å². The average molecular weight is 238 g/mol. The summed E-state index contributed by atoms with van der Waals surface area (Å²) < 4.78 is 10.7. The molecule has 0 radical (unpaired) electrons. The van der Waals surface area contributed by atoms with Crippen LogP contribution in [-0.2, 0) is 11.3 Å². The van der Waals surface area contributed by atoms with Gasteiger partial charge >= 0.3 is 0 Å². The number of rotatable bonds is 6. The summed E-state index contributed by atoms with van der Waals surface area (Å²) in [6.07, 6.45) is -0.135. The zero-order valence-electron chi connectivity index (χ0n) is 10.1. The van der Waals surface area contributed by atoms with Crippen molar-refractivity contribution in [3.63, 3.8) is 0 Å². The van der Waals surface area contributed by atoms with Gasteiger partial charge in [0.1, 0.15) is 0 Å². The molecule has 0 aliphatic carbocycles. The molecule has 94 valence electrons. The monoisotopic (exact) mass is 238 g/mol. The minimum atomic E-state index is -0.646. The molecule has 0 spiro atoms. The second-order valence-corrected chi connectivity index (χ2v) is 3.61. The van der Waals surface area contributed by atoms with Crippen LogP contribution in [0.2, 0.25) is 0 Å². The SMILES string of the molecule is CCC(Oc1ccc(CN)cc1OC)C(N)=O. The second-order valence-electron chi connectivity index (χ2n) is 3.61. The molecule has 1 rings (SSSR count). The van der Waals surface area contributed by atoms with E-state index in [-0.39, 0.29) is 0 Å². The lowest BCUT2D eigenvalue weighted by molar-refractivity contribution is -0.124. The average Bonchev–Trinajstić information content (AvgIpc) is 2.35. The van der Waals surface area contributed by atoms with Gasteiger partial charge in [0.25, 0.3) is 5.91 Å². The highest BCUT2D eigenvalue weighted by Gasteiger charge is 2.17. The maximum Gasteiger partial charge on any atom is 0.258 e. The number of benzene rings is 1. The molecule has 5 nitrogen and oxygen atoms in total. The number of amides is 1. The minimum Gasteiger partial charge on any atom is -0.493 e. The summed E-state index contributed by atoms with van der Waals surface area (Å²) in [5.74, 6) is 0.556. The van der Waals surface area contributed by atoms with E-state index in [1.807, 2.05) is 13.0 Å². The maximum atomic E-state index is 11.1. The van der Waals surface area contributed by atoms with E-state index in [2.05, 4.69) is 0 Å². The summed E-state index contributed by atoms with van der Waals surface area (Å²) in [6.45, 7) is 2.25. The van der Waals surface area contributed by atoms with Gasteiger partial charge in [0.15, 0.2) is 17.6 Å². The predicted octanol–water partition coefficient (Wildman–Crippen LogP) is 0.797. The molecule has 1 amide bonds. The third kappa shape index (κ3) is 3.35. The summed E-state index contributed by atoms with van der Waals surface area (Å²) in [4.78, 5) is 11.1. The van der Waals surface area contributed by atoms with Crippen molar-refractivity contribution in [1.29, 1.82) is 0 Å². The fourth-order valence-corrected chi connectivity index (χ4v) is 1.43. The summed E-state index contributed by atoms with van der Waals surface area (Å²) in [5.41, 5.74) is 11.7. The Labute approximate surface area is 101 Å². The van der Waals surface area contributed by atoms with Crippen LogP contribution < -0.4 is 20.9 Å². The van der Waals surface area contributed by atoms with Gasteiger partial charge in [-0.05, 0) is 24.1 Å². The first-order valence-electron chi connectivity index (χ1n) is 5.45. The first-order chi connectivity index (χ1) is 8.12. The Morgan fingerprint density at radius 1 is 1.41 bits per heavy atom. The molecular weight excluding hydrogens is 220 g/mol. The highest BCUT2D eigenvalue weighted by Crippen LogP contribution is 2.29. The second kappa shape index (κ2) is 6.10. The van der Waals surface area contributed by atoms with Gasteiger partial charge in [0.05, 0.1) is 7.11 Å². The molecule has 1 unspecified atom stereocenters. The van der Waals surface area contributed by atoms with Crippen molar-refractivity contribution >= 4 is 5.91 Å². The number of hydrogen-bond acceptors (Lipinski definition) is 4. The van der Waals surface area contributed by atoms with Crippen molar-refractivity contribution in [1.82, 2.24) is 0 Å². The zero-order valence-corrected chi connectivity index (χ0v) is 10.1. The number of primary amides is 1. The van der Waals surface area contributed by atoms with Crippen LogP contribution in [-0.4, -0.2) is 19.1 Å². The number of carbonyl (C=O) groups is 1. The molecule has 17 heavy (non-hydrogen) atoms. The van der Waals surface area contributed by atoms with Gasteiger partial charge in [0.2, 0.25) is 0 Å². The van der Waals surface area contributed by atoms with Crippen LogP contribution in [0, 0.1) is 0 Å². The fourth-order valence-electron chi connectivity index (χ4n) is 1.43. The van der Waals surface area contributed by atoms with Crippen LogP contribution in [0.4, 0.5) is 0 Å². The standard InChI is InChI=1S/C12H18N2O3/c1-3-9(12(14)15)17-10-5-4-8(7-13)6-11(10)16-2/h4-6,9H,3,7,13H2,1-2H3,(H2,14,15). The van der Waals surface area contributed by atoms with Gasteiger partial charge < -0.3 is 20.9 Å². The van der Waals surface area contributed by atoms with E-state index in [0.29, 0.717) is 24.5 Å². The smallest absolute Gasteiger partial charge is 0.258 e. The van der Waals surface area contributed by atoms with Crippen LogP contribution in [0.15, 0.2) is 18.2 Å². The van der Waals surface area contributed by atoms with E-state index in [4.69, 9.17) is 20.9 Å². The molecular formula is C12H18N2O3. The lowest BCUT2D eigenvalue weighted by atomic mass is 10.2. The van der Waals surface area contributed by atoms with Crippen LogP contribution in [0.5, 0.6) is 11.5 Å². The number of nitrogens with two attached hydrogens (primary N) is 2. The zero-order chi connectivity index (χ0) is 12.8. The van der Waals surface area contributed by atoms with Gasteiger partial charge in [-0.25, -0.2) is 0 Å². The molecule has 4 N–H and O–H groups in total. The third-order valence-corrected chi connectivity index (χ3v) is 2.42. The Balaban J connectivity index is 2.93. The Morgan fingerprint density at radius 2 is 2.12 bits per heavy atom. The van der Waals surface area contributed by atoms with Crippen LogP contribution in [0.25, 0.3) is 0 Å². The molecule has 0 aliphatic heterocycles. The van der Waals surface area contributed by atoms with Crippen molar-refractivity contribution < 1.29 is 14.3 Å². The van der Waals surface area contributed by atoms with Crippen LogP contribution in [0.3, 0.4) is 0 Å². The molecule has 1 aromatic carbocycles. The highest BCUT2D eigenvalue weighted by atomic mass is 16.5. The molecule has 0 aromatic heterocycles. The number of hydrogen-bond donors (Lipinski definition) is 2. The van der Waals surface area contributed by atoms with Gasteiger partial charge in [-0.15, -0.1) is 0 Å². The van der Waals surface area contributed by atoms with Crippen molar-refractivity contribution in [2.75, 3.05) is 7.11 Å². The van der Waals surface area contributed by atoms with E-state index in [1.54, 1.807) is 12.1 Å². The van der Waals surface area contributed by atoms with E-state index in [9.17, 15) is 4.79 Å². The largest absolute Gasteiger partial charge is 0.493 e. The van der Waals surface area contributed by atoms with E-state index >= 15 is 0 Å². The van der Waals surface area contributed by atoms with Crippen molar-refractivity contribution in [3.05, 3.63) is 23.8 Å². The fraction of sp³-hybridized carbons (Fsp3) is 0.417. The Bertz CT molecular complexity index is 393. The molecule has 0 heterocycles.